The molecule has 1 saturated carbocycles. The van der Waals surface area contributed by atoms with Crippen LogP contribution in [0.2, 0.25) is 0 Å². The molecular formula is C9H18N2O2. The summed E-state index contributed by atoms with van der Waals surface area (Å²) >= 11 is 0. The van der Waals surface area contributed by atoms with Crippen LogP contribution in [0.15, 0.2) is 0 Å². The van der Waals surface area contributed by atoms with Gasteiger partial charge in [-0.2, -0.15) is 0 Å². The Morgan fingerprint density at radius 1 is 1.69 bits per heavy atom. The largest absolute Gasteiger partial charge is 0.394 e. The van der Waals surface area contributed by atoms with E-state index >= 15 is 0 Å². The van der Waals surface area contributed by atoms with E-state index < -0.39 is 0 Å². The van der Waals surface area contributed by atoms with Gasteiger partial charge in [0.25, 0.3) is 0 Å². The van der Waals surface area contributed by atoms with Gasteiger partial charge in [0.1, 0.15) is 0 Å². The highest BCUT2D eigenvalue weighted by Crippen LogP contribution is 2.32. The Morgan fingerprint density at radius 2 is 2.31 bits per heavy atom. The van der Waals surface area contributed by atoms with Crippen molar-refractivity contribution in [2.24, 2.45) is 11.7 Å². The summed E-state index contributed by atoms with van der Waals surface area (Å²) in [6.07, 6.45) is 2.70. The topological polar surface area (TPSA) is 75.3 Å². The van der Waals surface area contributed by atoms with Crippen molar-refractivity contribution in [1.29, 1.82) is 0 Å². The molecule has 4 heteroatoms. The van der Waals surface area contributed by atoms with Crippen molar-refractivity contribution in [1.82, 2.24) is 5.32 Å². The molecule has 0 spiro atoms. The van der Waals surface area contributed by atoms with Gasteiger partial charge in [0.2, 0.25) is 5.91 Å². The number of aliphatic hydroxyl groups excluding tert-OH is 1. The Bertz CT molecular complexity index is 180. The van der Waals surface area contributed by atoms with E-state index in [1.807, 2.05) is 0 Å². The van der Waals surface area contributed by atoms with Crippen LogP contribution in [0.4, 0.5) is 0 Å². The van der Waals surface area contributed by atoms with Crippen molar-refractivity contribution in [3.63, 3.8) is 0 Å². The molecule has 4 nitrogen and oxygen atoms in total. The molecule has 0 aromatic heterocycles. The molecule has 0 radical (unpaired) electrons. The van der Waals surface area contributed by atoms with Gasteiger partial charge in [0.15, 0.2) is 0 Å². The number of carbonyl (C=O) groups is 1. The molecular weight excluding hydrogens is 168 g/mol. The third-order valence-electron chi connectivity index (χ3n) is 2.33. The molecule has 0 aromatic rings. The molecule has 0 heterocycles. The fourth-order valence-electron chi connectivity index (χ4n) is 1.28. The van der Waals surface area contributed by atoms with Crippen LogP contribution in [-0.4, -0.2) is 29.7 Å². The molecule has 0 aliphatic heterocycles. The van der Waals surface area contributed by atoms with Gasteiger partial charge in [0.05, 0.1) is 6.61 Å². The highest BCUT2D eigenvalue weighted by molar-refractivity contribution is 5.76. The zero-order valence-corrected chi connectivity index (χ0v) is 7.99. The molecule has 1 fully saturated rings. The maximum atomic E-state index is 11.3. The van der Waals surface area contributed by atoms with E-state index in [1.54, 1.807) is 6.92 Å². The summed E-state index contributed by atoms with van der Waals surface area (Å²) in [6, 6.07) is -0.162. The standard InChI is InChI=1S/C9H18N2O2/c1-6(5-12)11-9(13)4-8(10)7-2-3-7/h6-8,12H,2-5,10H2,1H3,(H,11,13). The Labute approximate surface area is 78.5 Å². The van der Waals surface area contributed by atoms with Crippen molar-refractivity contribution in [3.8, 4) is 0 Å². The fraction of sp³-hybridized carbons (Fsp3) is 0.889. The predicted molar refractivity (Wildman–Crippen MR) is 50.0 cm³/mol. The first kappa shape index (κ1) is 10.5. The normalized spacial score (nSPS) is 20.8. The van der Waals surface area contributed by atoms with Crippen molar-refractivity contribution in [3.05, 3.63) is 0 Å². The van der Waals surface area contributed by atoms with Crippen LogP contribution < -0.4 is 11.1 Å². The van der Waals surface area contributed by atoms with Gasteiger partial charge in [-0.15, -0.1) is 0 Å². The van der Waals surface area contributed by atoms with Crippen molar-refractivity contribution in [2.45, 2.75) is 38.3 Å². The lowest BCUT2D eigenvalue weighted by molar-refractivity contribution is -0.122. The Hall–Kier alpha value is -0.610. The number of rotatable bonds is 5. The van der Waals surface area contributed by atoms with E-state index in [1.165, 1.54) is 0 Å². The number of amides is 1. The average Bonchev–Trinajstić information content (AvgIpc) is 2.85. The summed E-state index contributed by atoms with van der Waals surface area (Å²) in [4.78, 5) is 11.3. The molecule has 0 aromatic carbocycles. The number of hydrogen-bond donors (Lipinski definition) is 3. The maximum absolute atomic E-state index is 11.3. The molecule has 2 atom stereocenters. The van der Waals surface area contributed by atoms with E-state index in [9.17, 15) is 4.79 Å². The molecule has 1 aliphatic carbocycles. The Morgan fingerprint density at radius 3 is 2.77 bits per heavy atom. The number of nitrogens with two attached hydrogens (primary N) is 1. The first-order chi connectivity index (χ1) is 6.13. The number of hydrogen-bond acceptors (Lipinski definition) is 3. The highest BCUT2D eigenvalue weighted by Gasteiger charge is 2.29. The third-order valence-corrected chi connectivity index (χ3v) is 2.33. The van der Waals surface area contributed by atoms with Crippen LogP contribution >= 0.6 is 0 Å². The van der Waals surface area contributed by atoms with Gasteiger partial charge >= 0.3 is 0 Å². The van der Waals surface area contributed by atoms with Gasteiger partial charge in [-0.25, -0.2) is 0 Å². The van der Waals surface area contributed by atoms with E-state index in [2.05, 4.69) is 5.32 Å². The molecule has 1 rings (SSSR count). The van der Waals surface area contributed by atoms with Crippen LogP contribution in [0.3, 0.4) is 0 Å². The smallest absolute Gasteiger partial charge is 0.221 e. The average molecular weight is 186 g/mol. The lowest BCUT2D eigenvalue weighted by Gasteiger charge is -2.13. The Kier molecular flexibility index (Phi) is 3.69. The third kappa shape index (κ3) is 3.74. The van der Waals surface area contributed by atoms with Crippen LogP contribution in [0.25, 0.3) is 0 Å². The molecule has 13 heavy (non-hydrogen) atoms. The lowest BCUT2D eigenvalue weighted by Crippen LogP contribution is -2.39. The summed E-state index contributed by atoms with van der Waals surface area (Å²) < 4.78 is 0. The van der Waals surface area contributed by atoms with Gasteiger partial charge < -0.3 is 16.2 Å². The second-order valence-electron chi connectivity index (χ2n) is 3.86. The molecule has 2 unspecified atom stereocenters. The molecule has 76 valence electrons. The quantitative estimate of drug-likeness (QED) is 0.547. The SMILES string of the molecule is CC(CO)NC(=O)CC(N)C1CC1. The lowest BCUT2D eigenvalue weighted by atomic mass is 10.1. The summed E-state index contributed by atoms with van der Waals surface area (Å²) in [7, 11) is 0. The second-order valence-corrected chi connectivity index (χ2v) is 3.86. The zero-order chi connectivity index (χ0) is 9.84. The second kappa shape index (κ2) is 4.58. The number of nitrogens with one attached hydrogen (secondary N) is 1. The molecule has 1 aliphatic rings. The van der Waals surface area contributed by atoms with Crippen LogP contribution in [-0.2, 0) is 4.79 Å². The number of aliphatic hydroxyl groups is 1. The molecule has 0 saturated heterocycles. The van der Waals surface area contributed by atoms with Crippen molar-refractivity contribution in [2.75, 3.05) is 6.61 Å². The van der Waals surface area contributed by atoms with Crippen molar-refractivity contribution < 1.29 is 9.90 Å². The summed E-state index contributed by atoms with van der Waals surface area (Å²) in [6.45, 7) is 1.74. The fourth-order valence-corrected chi connectivity index (χ4v) is 1.28. The highest BCUT2D eigenvalue weighted by atomic mass is 16.3. The molecule has 4 N–H and O–H groups in total. The van der Waals surface area contributed by atoms with Crippen LogP contribution in [0.5, 0.6) is 0 Å². The first-order valence-corrected chi connectivity index (χ1v) is 4.79. The minimum absolute atomic E-state index is 0.00546. The van der Waals surface area contributed by atoms with Gasteiger partial charge in [0, 0.05) is 18.5 Å². The molecule has 0 bridgehead atoms. The van der Waals surface area contributed by atoms with E-state index in [0.29, 0.717) is 12.3 Å². The summed E-state index contributed by atoms with van der Waals surface area (Å²) in [5.41, 5.74) is 5.77. The van der Waals surface area contributed by atoms with Gasteiger partial charge in [-0.05, 0) is 25.7 Å². The van der Waals surface area contributed by atoms with E-state index in [4.69, 9.17) is 10.8 Å². The predicted octanol–water partition coefficient (Wildman–Crippen LogP) is -0.389. The Balaban J connectivity index is 2.15. The monoisotopic (exact) mass is 186 g/mol. The molecule has 1 amide bonds. The van der Waals surface area contributed by atoms with E-state index in [0.717, 1.165) is 12.8 Å². The maximum Gasteiger partial charge on any atom is 0.221 e. The zero-order valence-electron chi connectivity index (χ0n) is 7.99. The van der Waals surface area contributed by atoms with Crippen LogP contribution in [0.1, 0.15) is 26.2 Å². The number of carbonyl (C=O) groups excluding carboxylic acids is 1. The summed E-state index contributed by atoms with van der Waals surface area (Å²) in [5, 5.41) is 11.4. The van der Waals surface area contributed by atoms with Crippen LogP contribution in [0, 0.1) is 5.92 Å². The van der Waals surface area contributed by atoms with Gasteiger partial charge in [-0.1, -0.05) is 0 Å². The van der Waals surface area contributed by atoms with Crippen molar-refractivity contribution >= 4 is 5.91 Å². The minimum Gasteiger partial charge on any atom is -0.394 e. The minimum atomic E-state index is -0.168. The first-order valence-electron chi connectivity index (χ1n) is 4.79. The summed E-state index contributed by atoms with van der Waals surface area (Å²) in [5.74, 6) is 0.496. The van der Waals surface area contributed by atoms with Gasteiger partial charge in [-0.3, -0.25) is 4.79 Å². The van der Waals surface area contributed by atoms with E-state index in [-0.39, 0.29) is 24.6 Å².